The highest BCUT2D eigenvalue weighted by Gasteiger charge is 2.27. The number of benzene rings is 2. The Labute approximate surface area is 231 Å². The summed E-state index contributed by atoms with van der Waals surface area (Å²) in [5.41, 5.74) is 5.48. The molecule has 0 saturated heterocycles. The number of hydrogen-bond donors (Lipinski definition) is 2. The summed E-state index contributed by atoms with van der Waals surface area (Å²) in [6.45, 7) is 8.82. The first-order valence-corrected chi connectivity index (χ1v) is 13.5. The minimum Gasteiger partial charge on any atom is -0.481 e. The van der Waals surface area contributed by atoms with Crippen molar-refractivity contribution in [3.63, 3.8) is 0 Å². The Balaban J connectivity index is 1.98. The van der Waals surface area contributed by atoms with E-state index in [1.165, 1.54) is 4.57 Å². The molecule has 1 amide bonds. The summed E-state index contributed by atoms with van der Waals surface area (Å²) in [6.07, 6.45) is 2.41. The van der Waals surface area contributed by atoms with Gasteiger partial charge in [0.2, 0.25) is 5.91 Å². The highest BCUT2D eigenvalue weighted by Crippen LogP contribution is 2.30. The molecule has 0 aliphatic rings. The van der Waals surface area contributed by atoms with Crippen LogP contribution in [0.2, 0.25) is 0 Å². The Morgan fingerprint density at radius 2 is 1.67 bits per heavy atom. The maximum Gasteiger partial charge on any atom is 0.305 e. The summed E-state index contributed by atoms with van der Waals surface area (Å²) in [5, 5.41) is 12.7. The molecule has 0 bridgehead atoms. The second kappa shape index (κ2) is 13.4. The third-order valence-corrected chi connectivity index (χ3v) is 6.97. The van der Waals surface area contributed by atoms with Gasteiger partial charge < -0.3 is 19.9 Å². The number of carboxylic acids is 1. The lowest BCUT2D eigenvalue weighted by Crippen LogP contribution is -2.40. The lowest BCUT2D eigenvalue weighted by molar-refractivity contribution is -0.138. The van der Waals surface area contributed by atoms with Gasteiger partial charge in [-0.1, -0.05) is 56.3 Å². The number of hydrogen-bond acceptors (Lipinski definition) is 4. The third-order valence-electron chi connectivity index (χ3n) is 6.97. The zero-order chi connectivity index (χ0) is 28.7. The Bertz CT molecular complexity index is 1340. The van der Waals surface area contributed by atoms with Gasteiger partial charge in [0, 0.05) is 18.3 Å². The Hall–Kier alpha value is -3.71. The number of rotatable bonds is 12. The number of nitrogens with one attached hydrogen (secondary N) is 1. The van der Waals surface area contributed by atoms with Gasteiger partial charge in [-0.15, -0.1) is 0 Å². The molecule has 1 aromatic heterocycles. The van der Waals surface area contributed by atoms with Gasteiger partial charge in [-0.25, -0.2) is 0 Å². The molecule has 0 radical (unpaired) electrons. The topological polar surface area (TPSA) is 91.6 Å². The molecule has 3 rings (SSSR count). The number of likely N-dealkylation sites (N-methyl/N-ethyl adjacent to an activating group) is 1. The molecule has 0 unspecified atom stereocenters. The van der Waals surface area contributed by atoms with Gasteiger partial charge in [-0.05, 0) is 86.7 Å². The molecule has 0 spiro atoms. The zero-order valence-electron chi connectivity index (χ0n) is 23.9. The predicted octanol–water partition coefficient (Wildman–Crippen LogP) is 5.16. The monoisotopic (exact) mass is 531 g/mol. The van der Waals surface area contributed by atoms with Crippen LogP contribution in [-0.2, 0) is 16.0 Å². The zero-order valence-corrected chi connectivity index (χ0v) is 23.9. The molecular formula is C32H41N3O4. The molecule has 0 fully saturated rings. The molecule has 1 heterocycles. The normalized spacial score (nSPS) is 12.9. The van der Waals surface area contributed by atoms with E-state index in [1.807, 2.05) is 89.2 Å². The number of pyridine rings is 1. The van der Waals surface area contributed by atoms with Crippen LogP contribution in [0, 0.1) is 19.8 Å². The summed E-state index contributed by atoms with van der Waals surface area (Å²) in [5.74, 6) is -1.23. The largest absolute Gasteiger partial charge is 0.481 e. The van der Waals surface area contributed by atoms with Crippen LogP contribution >= 0.6 is 0 Å². The quantitative estimate of drug-likeness (QED) is 0.337. The second-order valence-electron chi connectivity index (χ2n) is 11.0. The number of carbonyl (C=O) groups excluding carboxylic acids is 1. The molecule has 3 aromatic rings. The van der Waals surface area contributed by atoms with Gasteiger partial charge in [0.05, 0.1) is 12.5 Å². The molecular weight excluding hydrogens is 490 g/mol. The van der Waals surface area contributed by atoms with E-state index in [4.69, 9.17) is 0 Å². The average molecular weight is 532 g/mol. The van der Waals surface area contributed by atoms with Crippen LogP contribution < -0.4 is 10.9 Å². The van der Waals surface area contributed by atoms with E-state index in [2.05, 4.69) is 5.32 Å². The number of aryl methyl sites for hydroxylation is 2. The van der Waals surface area contributed by atoms with Gasteiger partial charge in [-0.2, -0.15) is 0 Å². The summed E-state index contributed by atoms with van der Waals surface area (Å²) >= 11 is 0. The summed E-state index contributed by atoms with van der Waals surface area (Å²) in [6, 6.07) is 15.9. The minimum atomic E-state index is -1.01. The lowest BCUT2D eigenvalue weighted by Gasteiger charge is -2.25. The van der Waals surface area contributed by atoms with Crippen molar-refractivity contribution < 1.29 is 14.7 Å². The summed E-state index contributed by atoms with van der Waals surface area (Å²) < 4.78 is 1.51. The van der Waals surface area contributed by atoms with E-state index in [9.17, 15) is 19.5 Å². The minimum absolute atomic E-state index is 0.142. The van der Waals surface area contributed by atoms with Crippen molar-refractivity contribution in [2.75, 3.05) is 20.6 Å². The molecule has 7 heteroatoms. The van der Waals surface area contributed by atoms with E-state index < -0.39 is 18.1 Å². The molecule has 0 aliphatic carbocycles. The number of nitrogens with zero attached hydrogens (tertiary/aromatic N) is 2. The van der Waals surface area contributed by atoms with Crippen LogP contribution in [0.15, 0.2) is 65.6 Å². The van der Waals surface area contributed by atoms with Crippen molar-refractivity contribution in [1.82, 2.24) is 14.8 Å². The standard InChI is InChI=1S/C32H41N3O4/c1-21(2)18-28(35-16-9-14-24(32(35)39)15-17-34(5)6)31(38)33-27(20-29(36)37)25-12-8-13-26(19-25)30-22(3)10-7-11-23(30)4/h7-14,16,19,21,27-28H,15,17-18,20H2,1-6H3,(H,33,38)(H,36,37)/t27-,28+/m0/s1. The lowest BCUT2D eigenvalue weighted by atomic mass is 9.92. The molecule has 2 aromatic carbocycles. The van der Waals surface area contributed by atoms with E-state index in [0.29, 0.717) is 24.0 Å². The number of amides is 1. The van der Waals surface area contributed by atoms with E-state index in [1.54, 1.807) is 18.3 Å². The van der Waals surface area contributed by atoms with Crippen LogP contribution in [0.4, 0.5) is 0 Å². The SMILES string of the molecule is Cc1cccc(C)c1-c1cccc([C@H](CC(=O)O)NC(=O)[C@@H](CC(C)C)n2cccc(CCN(C)C)c2=O)c1. The molecule has 2 N–H and O–H groups in total. The van der Waals surface area contributed by atoms with Gasteiger partial charge in [0.25, 0.3) is 5.56 Å². The Morgan fingerprint density at radius 1 is 1.00 bits per heavy atom. The average Bonchev–Trinajstić information content (AvgIpc) is 2.86. The highest BCUT2D eigenvalue weighted by molar-refractivity contribution is 5.82. The van der Waals surface area contributed by atoms with Gasteiger partial charge in [-0.3, -0.25) is 14.4 Å². The Morgan fingerprint density at radius 3 is 2.28 bits per heavy atom. The fraction of sp³-hybridized carbons (Fsp3) is 0.406. The van der Waals surface area contributed by atoms with Gasteiger partial charge in [0.15, 0.2) is 0 Å². The molecule has 0 aliphatic heterocycles. The summed E-state index contributed by atoms with van der Waals surface area (Å²) in [7, 11) is 3.91. The molecule has 2 atom stereocenters. The van der Waals surface area contributed by atoms with Crippen LogP contribution in [0.1, 0.15) is 61.0 Å². The van der Waals surface area contributed by atoms with Gasteiger partial charge >= 0.3 is 5.97 Å². The molecule has 208 valence electrons. The molecule has 0 saturated carbocycles. The van der Waals surface area contributed by atoms with Crippen molar-refractivity contribution >= 4 is 11.9 Å². The number of aliphatic carboxylic acids is 1. The van der Waals surface area contributed by atoms with E-state index >= 15 is 0 Å². The summed E-state index contributed by atoms with van der Waals surface area (Å²) in [4.78, 5) is 41.0. The first-order chi connectivity index (χ1) is 18.5. The van der Waals surface area contributed by atoms with Crippen LogP contribution in [0.5, 0.6) is 0 Å². The van der Waals surface area contributed by atoms with Crippen LogP contribution in [-0.4, -0.2) is 47.1 Å². The maximum absolute atomic E-state index is 13.8. The first kappa shape index (κ1) is 29.8. The fourth-order valence-electron chi connectivity index (χ4n) is 5.01. The van der Waals surface area contributed by atoms with Crippen LogP contribution in [0.25, 0.3) is 11.1 Å². The maximum atomic E-state index is 13.8. The van der Waals surface area contributed by atoms with Crippen LogP contribution in [0.3, 0.4) is 0 Å². The Kier molecular flexibility index (Phi) is 10.2. The molecule has 7 nitrogen and oxygen atoms in total. The first-order valence-electron chi connectivity index (χ1n) is 13.5. The van der Waals surface area contributed by atoms with Crippen molar-refractivity contribution in [1.29, 1.82) is 0 Å². The third kappa shape index (κ3) is 7.90. The molecule has 39 heavy (non-hydrogen) atoms. The van der Waals surface area contributed by atoms with Crippen molar-refractivity contribution in [3.05, 3.63) is 93.4 Å². The van der Waals surface area contributed by atoms with Gasteiger partial charge in [0.1, 0.15) is 6.04 Å². The number of carbonyl (C=O) groups is 2. The smallest absolute Gasteiger partial charge is 0.305 e. The van der Waals surface area contributed by atoms with Crippen molar-refractivity contribution in [2.45, 2.75) is 59.0 Å². The van der Waals surface area contributed by atoms with E-state index in [-0.39, 0.29) is 23.8 Å². The highest BCUT2D eigenvalue weighted by atomic mass is 16.4. The fourth-order valence-corrected chi connectivity index (χ4v) is 5.01. The van der Waals surface area contributed by atoms with E-state index in [0.717, 1.165) is 28.8 Å². The van der Waals surface area contributed by atoms with Crippen molar-refractivity contribution in [2.24, 2.45) is 5.92 Å². The van der Waals surface area contributed by atoms with Crippen molar-refractivity contribution in [3.8, 4) is 11.1 Å². The number of carboxylic acid groups (broad SMARTS) is 1. The predicted molar refractivity (Wildman–Crippen MR) is 156 cm³/mol. The second-order valence-corrected chi connectivity index (χ2v) is 11.0. The number of aromatic nitrogens is 1.